The Labute approximate surface area is 149 Å². The van der Waals surface area contributed by atoms with E-state index in [1.807, 2.05) is 24.3 Å². The van der Waals surface area contributed by atoms with Crippen LogP contribution >= 0.6 is 0 Å². The third kappa shape index (κ3) is 3.03. The first-order chi connectivity index (χ1) is 12.6. The fourth-order valence-electron chi connectivity index (χ4n) is 3.22. The summed E-state index contributed by atoms with van der Waals surface area (Å²) in [6.07, 6.45) is 1.53. The summed E-state index contributed by atoms with van der Waals surface area (Å²) < 4.78 is 14.5. The quantitative estimate of drug-likeness (QED) is 0.832. The van der Waals surface area contributed by atoms with Crippen molar-refractivity contribution in [1.29, 1.82) is 0 Å². The predicted molar refractivity (Wildman–Crippen MR) is 97.6 cm³/mol. The summed E-state index contributed by atoms with van der Waals surface area (Å²) in [6.45, 7) is 1.19. The van der Waals surface area contributed by atoms with Gasteiger partial charge in [-0.2, -0.15) is 0 Å². The topological polar surface area (TPSA) is 73.8 Å². The molecule has 0 radical (unpaired) electrons. The lowest BCUT2D eigenvalue weighted by Gasteiger charge is -2.28. The Morgan fingerprint density at radius 1 is 1.19 bits per heavy atom. The number of benzene rings is 2. The second kappa shape index (κ2) is 6.59. The van der Waals surface area contributed by atoms with Crippen LogP contribution in [0.4, 0.5) is 21.5 Å². The number of anilines is 2. The second-order valence-electron chi connectivity index (χ2n) is 6.24. The summed E-state index contributed by atoms with van der Waals surface area (Å²) in [5.74, 6) is -1.19. The molecule has 1 fully saturated rings. The Hall–Kier alpha value is -3.22. The standard InChI is InChI=1S/C19H17FN4O2/c20-15-9-12(5-6-17(15)24-8-7-21-18(25)11-24)22-10-14-13-3-1-2-4-16(13)23-19(14)26/h1-6,9-10,14H,7-8,11H2,(H,21,25)(H,23,26). The van der Waals surface area contributed by atoms with Crippen LogP contribution in [0.25, 0.3) is 0 Å². The molecule has 0 spiro atoms. The highest BCUT2D eigenvalue weighted by molar-refractivity contribution is 6.12. The smallest absolute Gasteiger partial charge is 0.239 e. The van der Waals surface area contributed by atoms with Crippen LogP contribution in [-0.2, 0) is 9.59 Å². The van der Waals surface area contributed by atoms with Gasteiger partial charge in [0, 0.05) is 31.1 Å². The van der Waals surface area contributed by atoms with Crippen molar-refractivity contribution in [2.75, 3.05) is 29.9 Å². The summed E-state index contributed by atoms with van der Waals surface area (Å²) in [5.41, 5.74) is 2.43. The van der Waals surface area contributed by atoms with Crippen LogP contribution in [0.15, 0.2) is 47.5 Å². The van der Waals surface area contributed by atoms with E-state index in [0.29, 0.717) is 24.5 Å². The molecule has 2 heterocycles. The number of carbonyl (C=O) groups excluding carboxylic acids is 2. The van der Waals surface area contributed by atoms with Gasteiger partial charge in [0.05, 0.1) is 17.9 Å². The van der Waals surface area contributed by atoms with E-state index >= 15 is 0 Å². The molecule has 6 nitrogen and oxygen atoms in total. The molecule has 1 unspecified atom stereocenters. The summed E-state index contributed by atoms with van der Waals surface area (Å²) in [5, 5.41) is 5.51. The third-order valence-corrected chi connectivity index (χ3v) is 4.52. The van der Waals surface area contributed by atoms with E-state index in [0.717, 1.165) is 11.3 Å². The first-order valence-electron chi connectivity index (χ1n) is 8.37. The van der Waals surface area contributed by atoms with E-state index in [1.165, 1.54) is 12.3 Å². The van der Waals surface area contributed by atoms with Gasteiger partial charge in [0.25, 0.3) is 0 Å². The number of rotatable bonds is 3. The van der Waals surface area contributed by atoms with Crippen molar-refractivity contribution in [2.24, 2.45) is 4.99 Å². The zero-order valence-corrected chi connectivity index (χ0v) is 13.9. The van der Waals surface area contributed by atoms with Gasteiger partial charge in [-0.1, -0.05) is 18.2 Å². The molecule has 1 saturated heterocycles. The van der Waals surface area contributed by atoms with Crippen LogP contribution in [0, 0.1) is 5.82 Å². The lowest BCUT2D eigenvalue weighted by molar-refractivity contribution is -0.120. The first kappa shape index (κ1) is 16.3. The maximum absolute atomic E-state index is 14.5. The Bertz CT molecular complexity index is 912. The average Bonchev–Trinajstić information content (AvgIpc) is 2.95. The molecule has 2 amide bonds. The molecule has 0 bridgehead atoms. The average molecular weight is 352 g/mol. The number of carbonyl (C=O) groups is 2. The molecule has 2 aromatic rings. The maximum Gasteiger partial charge on any atom is 0.239 e. The van der Waals surface area contributed by atoms with Gasteiger partial charge in [-0.25, -0.2) is 4.39 Å². The molecule has 2 aliphatic heterocycles. The highest BCUT2D eigenvalue weighted by Gasteiger charge is 2.28. The zero-order chi connectivity index (χ0) is 18.1. The minimum atomic E-state index is -0.486. The fourth-order valence-corrected chi connectivity index (χ4v) is 3.22. The predicted octanol–water partition coefficient (Wildman–Crippen LogP) is 2.20. The molecule has 4 rings (SSSR count). The van der Waals surface area contributed by atoms with Crippen molar-refractivity contribution in [2.45, 2.75) is 5.92 Å². The van der Waals surface area contributed by atoms with Crippen molar-refractivity contribution in [3.05, 3.63) is 53.8 Å². The van der Waals surface area contributed by atoms with Gasteiger partial charge in [-0.15, -0.1) is 0 Å². The molecule has 0 aromatic heterocycles. The minimum Gasteiger partial charge on any atom is -0.358 e. The van der Waals surface area contributed by atoms with E-state index in [1.54, 1.807) is 17.0 Å². The van der Waals surface area contributed by atoms with Gasteiger partial charge in [0.1, 0.15) is 11.7 Å². The lowest BCUT2D eigenvalue weighted by atomic mass is 10.0. The number of nitrogens with one attached hydrogen (secondary N) is 2. The summed E-state index contributed by atoms with van der Waals surface area (Å²) in [6, 6.07) is 12.0. The molecule has 7 heteroatoms. The Morgan fingerprint density at radius 3 is 2.85 bits per heavy atom. The van der Waals surface area contributed by atoms with Crippen LogP contribution in [0.2, 0.25) is 0 Å². The molecular weight excluding hydrogens is 335 g/mol. The number of amides is 2. The van der Waals surface area contributed by atoms with Gasteiger partial charge < -0.3 is 15.5 Å². The normalized spacial score (nSPS) is 19.4. The van der Waals surface area contributed by atoms with Crippen molar-refractivity contribution in [1.82, 2.24) is 5.32 Å². The van der Waals surface area contributed by atoms with E-state index < -0.39 is 11.7 Å². The fraction of sp³-hybridized carbons (Fsp3) is 0.211. The van der Waals surface area contributed by atoms with Gasteiger partial charge in [0.15, 0.2) is 0 Å². The molecule has 26 heavy (non-hydrogen) atoms. The van der Waals surface area contributed by atoms with Gasteiger partial charge in [0.2, 0.25) is 11.8 Å². The molecule has 2 aromatic carbocycles. The Morgan fingerprint density at radius 2 is 2.04 bits per heavy atom. The van der Waals surface area contributed by atoms with E-state index in [4.69, 9.17) is 0 Å². The number of hydrogen-bond acceptors (Lipinski definition) is 4. The molecule has 2 N–H and O–H groups in total. The first-order valence-corrected chi connectivity index (χ1v) is 8.37. The second-order valence-corrected chi connectivity index (χ2v) is 6.24. The number of hydrogen-bond donors (Lipinski definition) is 2. The van der Waals surface area contributed by atoms with Gasteiger partial charge in [-0.3, -0.25) is 14.6 Å². The van der Waals surface area contributed by atoms with E-state index in [9.17, 15) is 14.0 Å². The van der Waals surface area contributed by atoms with Crippen LogP contribution in [-0.4, -0.2) is 37.7 Å². The van der Waals surface area contributed by atoms with Crippen molar-refractivity contribution >= 4 is 35.1 Å². The molecular formula is C19H17FN4O2. The summed E-state index contributed by atoms with van der Waals surface area (Å²) in [4.78, 5) is 29.5. The molecule has 0 aliphatic carbocycles. The highest BCUT2D eigenvalue weighted by Crippen LogP contribution is 2.32. The number of aliphatic imine (C=N–C) groups is 1. The minimum absolute atomic E-state index is 0.122. The SMILES string of the molecule is O=C1CN(c2ccc(N=CC3C(=O)Nc4ccccc43)cc2F)CCN1. The number of halogens is 1. The Balaban J connectivity index is 1.54. The van der Waals surface area contributed by atoms with Crippen LogP contribution < -0.4 is 15.5 Å². The molecule has 132 valence electrons. The van der Waals surface area contributed by atoms with E-state index in [-0.39, 0.29) is 18.4 Å². The lowest BCUT2D eigenvalue weighted by Crippen LogP contribution is -2.48. The van der Waals surface area contributed by atoms with Crippen molar-refractivity contribution in [3.8, 4) is 0 Å². The monoisotopic (exact) mass is 352 g/mol. The number of piperazine rings is 1. The highest BCUT2D eigenvalue weighted by atomic mass is 19.1. The largest absolute Gasteiger partial charge is 0.358 e. The molecule has 2 aliphatic rings. The van der Waals surface area contributed by atoms with E-state index in [2.05, 4.69) is 15.6 Å². The van der Waals surface area contributed by atoms with Gasteiger partial charge in [-0.05, 0) is 23.8 Å². The number of nitrogens with zero attached hydrogens (tertiary/aromatic N) is 2. The summed E-state index contributed by atoms with van der Waals surface area (Å²) >= 11 is 0. The zero-order valence-electron chi connectivity index (χ0n) is 13.9. The van der Waals surface area contributed by atoms with Crippen LogP contribution in [0.5, 0.6) is 0 Å². The number of fused-ring (bicyclic) bond motifs is 1. The molecule has 1 atom stereocenters. The molecule has 0 saturated carbocycles. The van der Waals surface area contributed by atoms with Crippen molar-refractivity contribution < 1.29 is 14.0 Å². The third-order valence-electron chi connectivity index (χ3n) is 4.52. The van der Waals surface area contributed by atoms with Crippen LogP contribution in [0.3, 0.4) is 0 Å². The maximum atomic E-state index is 14.5. The van der Waals surface area contributed by atoms with Gasteiger partial charge >= 0.3 is 0 Å². The van der Waals surface area contributed by atoms with Crippen molar-refractivity contribution in [3.63, 3.8) is 0 Å². The van der Waals surface area contributed by atoms with Crippen LogP contribution in [0.1, 0.15) is 11.5 Å². The Kier molecular flexibility index (Phi) is 4.12. The number of para-hydroxylation sites is 1. The summed E-state index contributed by atoms with van der Waals surface area (Å²) in [7, 11) is 0.